The van der Waals surface area contributed by atoms with Crippen LogP contribution in [-0.2, 0) is 4.79 Å². The SMILES string of the molecule is CCCCCCCCCCCCCCCCN1C(SCC)=NC2C1C(=O)NC(=O)N2C. The fraction of sp³-hybridized carbons (Fsp3) is 0.875. The summed E-state index contributed by atoms with van der Waals surface area (Å²) < 4.78 is 0. The van der Waals surface area contributed by atoms with Gasteiger partial charge in [-0.05, 0) is 12.2 Å². The van der Waals surface area contributed by atoms with Gasteiger partial charge < -0.3 is 9.80 Å². The number of imide groups is 1. The minimum absolute atomic E-state index is 0.214. The number of rotatable bonds is 16. The number of thioether (sulfide) groups is 1. The average molecular weight is 453 g/mol. The Balaban J connectivity index is 1.56. The van der Waals surface area contributed by atoms with Crippen molar-refractivity contribution in [2.75, 3.05) is 19.3 Å². The molecule has 2 atom stereocenters. The second kappa shape index (κ2) is 14.8. The van der Waals surface area contributed by atoms with Gasteiger partial charge in [-0.15, -0.1) is 0 Å². The Morgan fingerprint density at radius 3 is 1.87 bits per heavy atom. The zero-order chi connectivity index (χ0) is 22.5. The van der Waals surface area contributed by atoms with Crippen LogP contribution in [0, 0.1) is 0 Å². The van der Waals surface area contributed by atoms with Crippen LogP contribution in [-0.4, -0.2) is 58.5 Å². The van der Waals surface area contributed by atoms with E-state index in [9.17, 15) is 9.59 Å². The molecule has 3 amide bonds. The van der Waals surface area contributed by atoms with Crippen LogP contribution in [0.15, 0.2) is 4.99 Å². The maximum Gasteiger partial charge on any atom is 0.325 e. The fourth-order valence-corrected chi connectivity index (χ4v) is 5.27. The lowest BCUT2D eigenvalue weighted by Gasteiger charge is -2.36. The number of amides is 3. The van der Waals surface area contributed by atoms with Crippen molar-refractivity contribution in [1.82, 2.24) is 15.1 Å². The van der Waals surface area contributed by atoms with Crippen molar-refractivity contribution in [3.05, 3.63) is 0 Å². The number of hydrogen-bond acceptors (Lipinski definition) is 5. The Bertz CT molecular complexity index is 584. The van der Waals surface area contributed by atoms with Crippen LogP contribution in [0.5, 0.6) is 0 Å². The summed E-state index contributed by atoms with van der Waals surface area (Å²) in [6.07, 6.45) is 18.3. The van der Waals surface area contributed by atoms with Crippen molar-refractivity contribution in [2.24, 2.45) is 4.99 Å². The molecule has 1 fully saturated rings. The highest BCUT2D eigenvalue weighted by atomic mass is 32.2. The molecule has 2 aliphatic heterocycles. The van der Waals surface area contributed by atoms with Crippen LogP contribution in [0.1, 0.15) is 104 Å². The van der Waals surface area contributed by atoms with E-state index >= 15 is 0 Å². The summed E-state index contributed by atoms with van der Waals surface area (Å²) in [5.74, 6) is 0.696. The number of carbonyl (C=O) groups is 2. The van der Waals surface area contributed by atoms with E-state index in [4.69, 9.17) is 4.99 Å². The van der Waals surface area contributed by atoms with Crippen LogP contribution in [0.2, 0.25) is 0 Å². The maximum atomic E-state index is 12.5. The number of hydrogen-bond donors (Lipinski definition) is 1. The van der Waals surface area contributed by atoms with Gasteiger partial charge in [0.25, 0.3) is 5.91 Å². The third kappa shape index (κ3) is 8.32. The first-order valence-corrected chi connectivity index (χ1v) is 13.6. The number of carbonyl (C=O) groups excluding carboxylic acids is 2. The van der Waals surface area contributed by atoms with Crippen LogP contribution >= 0.6 is 11.8 Å². The first-order chi connectivity index (χ1) is 15.1. The molecule has 0 aromatic heterocycles. The van der Waals surface area contributed by atoms with E-state index in [2.05, 4.69) is 24.1 Å². The van der Waals surface area contributed by atoms with Crippen LogP contribution in [0.4, 0.5) is 4.79 Å². The van der Waals surface area contributed by atoms with E-state index in [1.807, 2.05) is 0 Å². The fourth-order valence-electron chi connectivity index (χ4n) is 4.46. The molecule has 6 nitrogen and oxygen atoms in total. The predicted octanol–water partition coefficient (Wildman–Crippen LogP) is 5.77. The van der Waals surface area contributed by atoms with Gasteiger partial charge in [0.05, 0.1) is 0 Å². The number of nitrogens with one attached hydrogen (secondary N) is 1. The monoisotopic (exact) mass is 452 g/mol. The zero-order valence-corrected chi connectivity index (χ0v) is 20.9. The molecule has 2 heterocycles. The number of urea groups is 1. The predicted molar refractivity (Wildman–Crippen MR) is 131 cm³/mol. The Labute approximate surface area is 194 Å². The first-order valence-electron chi connectivity index (χ1n) is 12.6. The van der Waals surface area contributed by atoms with Gasteiger partial charge in [-0.1, -0.05) is 109 Å². The van der Waals surface area contributed by atoms with Crippen LogP contribution in [0.3, 0.4) is 0 Å². The molecule has 0 aliphatic carbocycles. The summed E-state index contributed by atoms with van der Waals surface area (Å²) in [6, 6.07) is -0.729. The highest BCUT2D eigenvalue weighted by molar-refractivity contribution is 8.13. The number of likely N-dealkylation sites (N-methyl/N-ethyl adjacent to an activating group) is 1. The molecule has 0 spiro atoms. The molecular formula is C24H44N4O2S. The first kappa shape index (κ1) is 26.0. The van der Waals surface area contributed by atoms with Gasteiger partial charge in [0.1, 0.15) is 0 Å². The van der Waals surface area contributed by atoms with Crippen LogP contribution < -0.4 is 5.32 Å². The molecule has 0 radical (unpaired) electrons. The van der Waals surface area contributed by atoms with E-state index < -0.39 is 0 Å². The Morgan fingerprint density at radius 1 is 0.839 bits per heavy atom. The van der Waals surface area contributed by atoms with Crippen molar-refractivity contribution in [2.45, 2.75) is 116 Å². The molecule has 2 aliphatic rings. The summed E-state index contributed by atoms with van der Waals surface area (Å²) >= 11 is 1.66. The highest BCUT2D eigenvalue weighted by Crippen LogP contribution is 2.28. The number of nitrogens with zero attached hydrogens (tertiary/aromatic N) is 3. The summed E-state index contributed by atoms with van der Waals surface area (Å²) in [6.45, 7) is 5.20. The van der Waals surface area contributed by atoms with Gasteiger partial charge in [0.15, 0.2) is 17.4 Å². The van der Waals surface area contributed by atoms with Crippen molar-refractivity contribution in [3.63, 3.8) is 0 Å². The third-order valence-corrected chi connectivity index (χ3v) is 7.24. The van der Waals surface area contributed by atoms with Crippen molar-refractivity contribution in [1.29, 1.82) is 0 Å². The van der Waals surface area contributed by atoms with E-state index in [0.717, 1.165) is 23.9 Å². The van der Waals surface area contributed by atoms with Gasteiger partial charge in [-0.3, -0.25) is 10.1 Å². The molecule has 0 aromatic rings. The summed E-state index contributed by atoms with van der Waals surface area (Å²) in [5, 5.41) is 3.38. The molecule has 31 heavy (non-hydrogen) atoms. The van der Waals surface area contributed by atoms with Crippen LogP contribution in [0.25, 0.3) is 0 Å². The quantitative estimate of drug-likeness (QED) is 0.302. The highest BCUT2D eigenvalue weighted by Gasteiger charge is 2.48. The Morgan fingerprint density at radius 2 is 1.35 bits per heavy atom. The summed E-state index contributed by atoms with van der Waals surface area (Å²) in [7, 11) is 1.72. The van der Waals surface area contributed by atoms with Gasteiger partial charge >= 0.3 is 6.03 Å². The minimum Gasteiger partial charge on any atom is -0.336 e. The second-order valence-electron chi connectivity index (χ2n) is 8.90. The standard InChI is InChI=1S/C24H44N4O2S/c1-4-6-7-8-9-10-11-12-13-14-15-16-17-18-19-28-20-21(25-24(28)31-5-2)27(3)23(30)26-22(20)29/h20-21H,4-19H2,1-3H3,(H,26,29,30). The molecule has 178 valence electrons. The minimum atomic E-state index is -0.387. The lowest BCUT2D eigenvalue weighted by Crippen LogP contribution is -2.63. The molecular weight excluding hydrogens is 408 g/mol. The van der Waals surface area contributed by atoms with E-state index in [1.165, 1.54) is 83.5 Å². The molecule has 1 N–H and O–H groups in total. The summed E-state index contributed by atoms with van der Waals surface area (Å²) in [4.78, 5) is 32.7. The average Bonchev–Trinajstić information content (AvgIpc) is 3.11. The molecule has 0 aromatic carbocycles. The van der Waals surface area contributed by atoms with E-state index in [0.29, 0.717) is 0 Å². The topological polar surface area (TPSA) is 65.0 Å². The number of fused-ring (bicyclic) bond motifs is 1. The second-order valence-corrected chi connectivity index (χ2v) is 10.1. The molecule has 2 unspecified atom stereocenters. The smallest absolute Gasteiger partial charge is 0.325 e. The number of amidine groups is 1. The van der Waals surface area contributed by atoms with E-state index in [-0.39, 0.29) is 24.1 Å². The zero-order valence-electron chi connectivity index (χ0n) is 20.0. The Hall–Kier alpha value is -1.24. The largest absolute Gasteiger partial charge is 0.336 e. The third-order valence-electron chi connectivity index (χ3n) is 6.35. The Kier molecular flexibility index (Phi) is 12.4. The van der Waals surface area contributed by atoms with Crippen molar-refractivity contribution >= 4 is 28.9 Å². The lowest BCUT2D eigenvalue weighted by molar-refractivity contribution is -0.127. The number of unbranched alkanes of at least 4 members (excludes halogenated alkanes) is 13. The van der Waals surface area contributed by atoms with Gasteiger partial charge in [-0.25, -0.2) is 9.79 Å². The molecule has 0 bridgehead atoms. The normalized spacial score (nSPS) is 20.8. The summed E-state index contributed by atoms with van der Waals surface area (Å²) in [5.41, 5.74) is 0. The van der Waals surface area contributed by atoms with Crippen molar-refractivity contribution < 1.29 is 9.59 Å². The van der Waals surface area contributed by atoms with Crippen molar-refractivity contribution in [3.8, 4) is 0 Å². The molecule has 2 rings (SSSR count). The van der Waals surface area contributed by atoms with Gasteiger partial charge in [0.2, 0.25) is 0 Å². The van der Waals surface area contributed by atoms with E-state index in [1.54, 1.807) is 23.7 Å². The van der Waals surface area contributed by atoms with Gasteiger partial charge in [0, 0.05) is 13.6 Å². The lowest BCUT2D eigenvalue weighted by atomic mass is 10.0. The molecule has 1 saturated heterocycles. The maximum absolute atomic E-state index is 12.5. The number of aliphatic imine (C=N–C) groups is 1. The molecule has 7 heteroatoms. The van der Waals surface area contributed by atoms with Gasteiger partial charge in [-0.2, -0.15) is 0 Å². The molecule has 0 saturated carbocycles.